The van der Waals surface area contributed by atoms with E-state index in [1.54, 1.807) is 17.9 Å². The van der Waals surface area contributed by atoms with Crippen LogP contribution in [0.5, 0.6) is 0 Å². The molecule has 0 aliphatic carbocycles. The highest BCUT2D eigenvalue weighted by atomic mass is 35.5. The van der Waals surface area contributed by atoms with Gasteiger partial charge in [0.2, 0.25) is 15.9 Å². The van der Waals surface area contributed by atoms with Gasteiger partial charge in [-0.05, 0) is 18.6 Å². The number of rotatable bonds is 4. The van der Waals surface area contributed by atoms with Crippen LogP contribution in [0.1, 0.15) is 18.5 Å². The fraction of sp³-hybridized carbons (Fsp3) is 0.500. The van der Waals surface area contributed by atoms with Gasteiger partial charge in [-0.2, -0.15) is 0 Å². The van der Waals surface area contributed by atoms with Crippen LogP contribution in [0.15, 0.2) is 24.3 Å². The van der Waals surface area contributed by atoms with E-state index in [0.29, 0.717) is 24.7 Å². The zero-order valence-corrected chi connectivity index (χ0v) is 14.1. The van der Waals surface area contributed by atoms with E-state index in [0.717, 1.165) is 11.8 Å². The summed E-state index contributed by atoms with van der Waals surface area (Å²) >= 11 is 6.24. The van der Waals surface area contributed by atoms with Gasteiger partial charge in [-0.25, -0.2) is 13.1 Å². The molecular weight excluding hydrogens is 326 g/mol. The monoisotopic (exact) mass is 345 g/mol. The van der Waals surface area contributed by atoms with Crippen LogP contribution in [0.2, 0.25) is 5.02 Å². The number of sulfonamides is 1. The quantitative estimate of drug-likeness (QED) is 0.844. The zero-order valence-electron chi connectivity index (χ0n) is 12.5. The van der Waals surface area contributed by atoms with Gasteiger partial charge in [0.1, 0.15) is 0 Å². The topological polar surface area (TPSA) is 78.5 Å². The SMILES string of the molecule is CC(NS(C)(=O)=O)C(=O)N1CCNCC1c1ccccc1Cl. The lowest BCUT2D eigenvalue weighted by atomic mass is 10.0. The van der Waals surface area contributed by atoms with E-state index in [-0.39, 0.29) is 11.9 Å². The number of halogens is 1. The standard InChI is InChI=1S/C14H20ClN3O3S/c1-10(17-22(2,20)21)14(19)18-8-7-16-9-13(18)11-5-3-4-6-12(11)15/h3-6,10,13,16-17H,7-9H2,1-2H3. The normalized spacial score (nSPS) is 20.7. The Bertz CT molecular complexity index is 650. The third-order valence-electron chi connectivity index (χ3n) is 3.55. The molecule has 0 saturated carbocycles. The van der Waals surface area contributed by atoms with E-state index in [9.17, 15) is 13.2 Å². The first-order chi connectivity index (χ1) is 10.3. The summed E-state index contributed by atoms with van der Waals surface area (Å²) in [5.41, 5.74) is 0.858. The zero-order chi connectivity index (χ0) is 16.3. The van der Waals surface area contributed by atoms with Crippen molar-refractivity contribution in [2.75, 3.05) is 25.9 Å². The number of carbonyl (C=O) groups excluding carboxylic acids is 1. The molecule has 0 spiro atoms. The Morgan fingerprint density at radius 3 is 2.77 bits per heavy atom. The molecule has 8 heteroatoms. The molecule has 1 heterocycles. The lowest BCUT2D eigenvalue weighted by Crippen LogP contribution is -2.54. The molecule has 0 bridgehead atoms. The van der Waals surface area contributed by atoms with Gasteiger partial charge in [-0.1, -0.05) is 29.8 Å². The minimum Gasteiger partial charge on any atom is -0.332 e. The molecule has 1 aliphatic heterocycles. The number of nitrogens with one attached hydrogen (secondary N) is 2. The lowest BCUT2D eigenvalue weighted by Gasteiger charge is -2.38. The Labute approximate surface area is 135 Å². The van der Waals surface area contributed by atoms with E-state index < -0.39 is 16.1 Å². The van der Waals surface area contributed by atoms with E-state index in [1.807, 2.05) is 18.2 Å². The second kappa shape index (κ2) is 6.95. The number of benzene rings is 1. The van der Waals surface area contributed by atoms with Gasteiger partial charge < -0.3 is 10.2 Å². The molecule has 0 radical (unpaired) electrons. The number of hydrogen-bond acceptors (Lipinski definition) is 4. The van der Waals surface area contributed by atoms with Crippen molar-refractivity contribution in [2.45, 2.75) is 19.0 Å². The van der Waals surface area contributed by atoms with E-state index in [1.165, 1.54) is 0 Å². The Morgan fingerprint density at radius 2 is 2.14 bits per heavy atom. The average Bonchev–Trinajstić information content (AvgIpc) is 2.45. The predicted octanol–water partition coefficient (Wildman–Crippen LogP) is 0.751. The van der Waals surface area contributed by atoms with E-state index in [2.05, 4.69) is 10.0 Å². The van der Waals surface area contributed by atoms with Crippen LogP contribution in [0.3, 0.4) is 0 Å². The summed E-state index contributed by atoms with van der Waals surface area (Å²) in [6.45, 7) is 3.30. The molecule has 122 valence electrons. The maximum absolute atomic E-state index is 12.6. The third-order valence-corrected chi connectivity index (χ3v) is 4.68. The van der Waals surface area contributed by atoms with Crippen molar-refractivity contribution in [2.24, 2.45) is 0 Å². The van der Waals surface area contributed by atoms with Crippen LogP contribution in [0.25, 0.3) is 0 Å². The molecular formula is C14H20ClN3O3S. The van der Waals surface area contributed by atoms with Crippen LogP contribution >= 0.6 is 11.6 Å². The number of nitrogens with zero attached hydrogens (tertiary/aromatic N) is 1. The molecule has 1 fully saturated rings. The van der Waals surface area contributed by atoms with Gasteiger partial charge in [0, 0.05) is 24.7 Å². The molecule has 1 amide bonds. The van der Waals surface area contributed by atoms with Crippen molar-refractivity contribution in [3.05, 3.63) is 34.9 Å². The highest BCUT2D eigenvalue weighted by Crippen LogP contribution is 2.28. The number of amides is 1. The molecule has 2 N–H and O–H groups in total. The molecule has 1 saturated heterocycles. The molecule has 6 nitrogen and oxygen atoms in total. The van der Waals surface area contributed by atoms with Gasteiger partial charge in [0.05, 0.1) is 18.3 Å². The largest absolute Gasteiger partial charge is 0.332 e. The average molecular weight is 346 g/mol. The maximum Gasteiger partial charge on any atom is 0.241 e. The van der Waals surface area contributed by atoms with E-state index in [4.69, 9.17) is 11.6 Å². The van der Waals surface area contributed by atoms with Crippen molar-refractivity contribution in [3.63, 3.8) is 0 Å². The van der Waals surface area contributed by atoms with Crippen LogP contribution in [0, 0.1) is 0 Å². The van der Waals surface area contributed by atoms with Crippen molar-refractivity contribution in [3.8, 4) is 0 Å². The molecule has 1 aromatic rings. The van der Waals surface area contributed by atoms with Crippen LogP contribution in [-0.2, 0) is 14.8 Å². The third kappa shape index (κ3) is 4.19. The van der Waals surface area contributed by atoms with Crippen LogP contribution in [-0.4, -0.2) is 51.2 Å². The predicted molar refractivity (Wildman–Crippen MR) is 86.2 cm³/mol. The summed E-state index contributed by atoms with van der Waals surface area (Å²) in [4.78, 5) is 14.3. The second-order valence-electron chi connectivity index (χ2n) is 5.38. The molecule has 0 aromatic heterocycles. The highest BCUT2D eigenvalue weighted by Gasteiger charge is 2.32. The number of piperazine rings is 1. The maximum atomic E-state index is 12.6. The minimum atomic E-state index is -3.44. The Balaban J connectivity index is 2.23. The molecule has 1 aromatic carbocycles. The first-order valence-corrected chi connectivity index (χ1v) is 9.29. The van der Waals surface area contributed by atoms with Gasteiger partial charge >= 0.3 is 0 Å². The number of hydrogen-bond donors (Lipinski definition) is 2. The summed E-state index contributed by atoms with van der Waals surface area (Å²) in [5.74, 6) is -0.253. The first kappa shape index (κ1) is 17.2. The molecule has 2 atom stereocenters. The smallest absolute Gasteiger partial charge is 0.241 e. The fourth-order valence-electron chi connectivity index (χ4n) is 2.61. The lowest BCUT2D eigenvalue weighted by molar-refractivity contribution is -0.136. The summed E-state index contributed by atoms with van der Waals surface area (Å²) in [5, 5.41) is 3.84. The molecule has 2 unspecified atom stereocenters. The van der Waals surface area contributed by atoms with Gasteiger partial charge in [0.15, 0.2) is 0 Å². The van der Waals surface area contributed by atoms with Gasteiger partial charge in [-0.15, -0.1) is 0 Å². The van der Waals surface area contributed by atoms with Crippen molar-refractivity contribution in [1.82, 2.24) is 14.9 Å². The van der Waals surface area contributed by atoms with Crippen molar-refractivity contribution >= 4 is 27.5 Å². The van der Waals surface area contributed by atoms with Crippen LogP contribution < -0.4 is 10.0 Å². The summed E-state index contributed by atoms with van der Waals surface area (Å²) in [6, 6.07) is 6.36. The highest BCUT2D eigenvalue weighted by molar-refractivity contribution is 7.88. The minimum absolute atomic E-state index is 0.209. The second-order valence-corrected chi connectivity index (χ2v) is 7.57. The summed E-state index contributed by atoms with van der Waals surface area (Å²) < 4.78 is 25.0. The summed E-state index contributed by atoms with van der Waals surface area (Å²) in [6.07, 6.45) is 1.04. The van der Waals surface area contributed by atoms with Gasteiger partial charge in [0.25, 0.3) is 0 Å². The Kier molecular flexibility index (Phi) is 5.44. The number of carbonyl (C=O) groups is 1. The fourth-order valence-corrected chi connectivity index (χ4v) is 3.62. The molecule has 2 rings (SSSR count). The van der Waals surface area contributed by atoms with Gasteiger partial charge in [-0.3, -0.25) is 4.79 Å². The first-order valence-electron chi connectivity index (χ1n) is 7.02. The van der Waals surface area contributed by atoms with Crippen LogP contribution in [0.4, 0.5) is 0 Å². The molecule has 22 heavy (non-hydrogen) atoms. The Morgan fingerprint density at radius 1 is 1.45 bits per heavy atom. The van der Waals surface area contributed by atoms with E-state index >= 15 is 0 Å². The summed E-state index contributed by atoms with van der Waals surface area (Å²) in [7, 11) is -3.44. The van der Waals surface area contributed by atoms with Crippen molar-refractivity contribution in [1.29, 1.82) is 0 Å². The van der Waals surface area contributed by atoms with Crippen molar-refractivity contribution < 1.29 is 13.2 Å². The Hall–Kier alpha value is -1.15. The molecule has 1 aliphatic rings.